The van der Waals surface area contributed by atoms with Crippen LogP contribution in [0.25, 0.3) is 0 Å². The number of hydrogen-bond acceptors (Lipinski definition) is 3. The smallest absolute Gasteiger partial charge is 0.323 e. The third-order valence-corrected chi connectivity index (χ3v) is 6.58. The number of carbonyl (C=O) groups is 1. The summed E-state index contributed by atoms with van der Waals surface area (Å²) in [7, 11) is 0. The standard InChI is InChI=1S/C21H29F3N4O/c1-14-2-4-17(5-3-14)26-18-6-8-28(13-18)20(29)27-9-7-19-15(12-27)10-16(11-25-19)21(22,23)24/h10-11,14,17-18,26H,2-9,12-13H2,1H3. The number of nitrogens with zero attached hydrogens (tertiary/aromatic N) is 3. The van der Waals surface area contributed by atoms with Crippen LogP contribution in [-0.4, -0.2) is 52.5 Å². The van der Waals surface area contributed by atoms with Crippen molar-refractivity contribution in [1.29, 1.82) is 0 Å². The van der Waals surface area contributed by atoms with E-state index >= 15 is 0 Å². The van der Waals surface area contributed by atoms with E-state index in [1.54, 1.807) is 4.90 Å². The highest BCUT2D eigenvalue weighted by Crippen LogP contribution is 2.31. The van der Waals surface area contributed by atoms with E-state index in [0.717, 1.165) is 24.6 Å². The second-order valence-electron chi connectivity index (χ2n) is 8.84. The summed E-state index contributed by atoms with van der Waals surface area (Å²) >= 11 is 0. The van der Waals surface area contributed by atoms with Gasteiger partial charge in [-0.15, -0.1) is 0 Å². The van der Waals surface area contributed by atoms with E-state index in [4.69, 9.17) is 0 Å². The molecule has 29 heavy (non-hydrogen) atoms. The average molecular weight is 410 g/mol. The third-order valence-electron chi connectivity index (χ3n) is 6.58. The van der Waals surface area contributed by atoms with Gasteiger partial charge in [-0.2, -0.15) is 13.2 Å². The number of likely N-dealkylation sites (tertiary alicyclic amines) is 1. The van der Waals surface area contributed by atoms with Gasteiger partial charge in [-0.05, 0) is 49.7 Å². The number of amides is 2. The van der Waals surface area contributed by atoms with Gasteiger partial charge in [-0.25, -0.2) is 4.79 Å². The highest BCUT2D eigenvalue weighted by atomic mass is 19.4. The monoisotopic (exact) mass is 410 g/mol. The van der Waals surface area contributed by atoms with Crippen molar-refractivity contribution in [2.24, 2.45) is 5.92 Å². The molecule has 8 heteroatoms. The van der Waals surface area contributed by atoms with E-state index in [-0.39, 0.29) is 12.6 Å². The van der Waals surface area contributed by atoms with Gasteiger partial charge in [0.1, 0.15) is 0 Å². The van der Waals surface area contributed by atoms with E-state index in [9.17, 15) is 18.0 Å². The summed E-state index contributed by atoms with van der Waals surface area (Å²) < 4.78 is 38.9. The number of nitrogens with one attached hydrogen (secondary N) is 1. The first-order valence-electron chi connectivity index (χ1n) is 10.6. The number of fused-ring (bicyclic) bond motifs is 1. The number of pyridine rings is 1. The summed E-state index contributed by atoms with van der Waals surface area (Å²) in [6.07, 6.45) is 2.81. The van der Waals surface area contributed by atoms with E-state index in [2.05, 4.69) is 17.2 Å². The third kappa shape index (κ3) is 4.68. The molecule has 0 aromatic carbocycles. The van der Waals surface area contributed by atoms with Gasteiger partial charge < -0.3 is 15.1 Å². The highest BCUT2D eigenvalue weighted by molar-refractivity contribution is 5.75. The molecular weight excluding hydrogens is 381 g/mol. The lowest BCUT2D eigenvalue weighted by Gasteiger charge is -2.33. The summed E-state index contributed by atoms with van der Waals surface area (Å²) in [6.45, 7) is 4.37. The maximum absolute atomic E-state index is 13.0. The fraction of sp³-hybridized carbons (Fsp3) is 0.714. The van der Waals surface area contributed by atoms with Crippen LogP contribution in [0.1, 0.15) is 55.8 Å². The minimum Gasteiger partial charge on any atom is -0.323 e. The Balaban J connectivity index is 1.34. The molecule has 2 aliphatic heterocycles. The summed E-state index contributed by atoms with van der Waals surface area (Å²) in [6, 6.07) is 1.92. The normalized spacial score (nSPS) is 27.8. The predicted molar refractivity (Wildman–Crippen MR) is 103 cm³/mol. The van der Waals surface area contributed by atoms with Crippen LogP contribution >= 0.6 is 0 Å². The van der Waals surface area contributed by atoms with E-state index in [0.29, 0.717) is 49.4 Å². The summed E-state index contributed by atoms with van der Waals surface area (Å²) in [5, 5.41) is 3.72. The Morgan fingerprint density at radius 2 is 1.86 bits per heavy atom. The van der Waals surface area contributed by atoms with Gasteiger partial charge in [0.05, 0.1) is 5.56 Å². The molecule has 1 N–H and O–H groups in total. The first kappa shape index (κ1) is 20.4. The molecule has 1 unspecified atom stereocenters. The molecule has 2 fully saturated rings. The van der Waals surface area contributed by atoms with Crippen LogP contribution in [-0.2, 0) is 19.1 Å². The molecular formula is C21H29F3N4O. The van der Waals surface area contributed by atoms with Crippen molar-refractivity contribution < 1.29 is 18.0 Å². The maximum atomic E-state index is 13.0. The summed E-state index contributed by atoms with van der Waals surface area (Å²) in [5.41, 5.74) is 0.414. The number of aromatic nitrogens is 1. The quantitative estimate of drug-likeness (QED) is 0.806. The topological polar surface area (TPSA) is 48.5 Å². The number of hydrogen-bond donors (Lipinski definition) is 1. The molecule has 1 aromatic rings. The number of rotatable bonds is 2. The van der Waals surface area contributed by atoms with Gasteiger partial charge in [-0.1, -0.05) is 6.92 Å². The van der Waals surface area contributed by atoms with Crippen molar-refractivity contribution in [3.63, 3.8) is 0 Å². The zero-order valence-corrected chi connectivity index (χ0v) is 16.8. The molecule has 1 atom stereocenters. The van der Waals surface area contributed by atoms with Crippen molar-refractivity contribution in [3.8, 4) is 0 Å². The van der Waals surface area contributed by atoms with Crippen LogP contribution in [0.2, 0.25) is 0 Å². The molecule has 5 nitrogen and oxygen atoms in total. The SMILES string of the molecule is CC1CCC(NC2CCN(C(=O)N3CCc4ncc(C(F)(F)F)cc4C3)C2)CC1. The van der Waals surface area contributed by atoms with E-state index in [1.807, 2.05) is 4.90 Å². The molecule has 1 saturated carbocycles. The minimum absolute atomic E-state index is 0.0744. The first-order chi connectivity index (χ1) is 13.8. The number of halogens is 3. The van der Waals surface area contributed by atoms with Crippen LogP contribution < -0.4 is 5.32 Å². The zero-order valence-electron chi connectivity index (χ0n) is 16.8. The van der Waals surface area contributed by atoms with Gasteiger partial charge in [0.2, 0.25) is 0 Å². The van der Waals surface area contributed by atoms with Crippen LogP contribution in [0.4, 0.5) is 18.0 Å². The predicted octanol–water partition coefficient (Wildman–Crippen LogP) is 3.82. The van der Waals surface area contributed by atoms with E-state index < -0.39 is 11.7 Å². The first-order valence-corrected chi connectivity index (χ1v) is 10.6. The fourth-order valence-corrected chi connectivity index (χ4v) is 4.77. The maximum Gasteiger partial charge on any atom is 0.417 e. The molecule has 0 spiro atoms. The Bertz CT molecular complexity index is 746. The fourth-order valence-electron chi connectivity index (χ4n) is 4.77. The van der Waals surface area contributed by atoms with Gasteiger partial charge in [-0.3, -0.25) is 4.98 Å². The van der Waals surface area contributed by atoms with Crippen molar-refractivity contribution >= 4 is 6.03 Å². The summed E-state index contributed by atoms with van der Waals surface area (Å²) in [4.78, 5) is 20.4. The van der Waals surface area contributed by atoms with Crippen LogP contribution in [0.15, 0.2) is 12.3 Å². The van der Waals surface area contributed by atoms with Crippen LogP contribution in [0.5, 0.6) is 0 Å². The highest BCUT2D eigenvalue weighted by Gasteiger charge is 2.35. The van der Waals surface area contributed by atoms with Gasteiger partial charge >= 0.3 is 12.2 Å². The number of alkyl halides is 3. The van der Waals surface area contributed by atoms with Crippen molar-refractivity contribution in [1.82, 2.24) is 20.1 Å². The molecule has 4 rings (SSSR count). The Morgan fingerprint density at radius 1 is 1.10 bits per heavy atom. The minimum atomic E-state index is -4.42. The van der Waals surface area contributed by atoms with Crippen molar-refractivity contribution in [2.45, 2.75) is 70.3 Å². The molecule has 1 saturated heterocycles. The van der Waals surface area contributed by atoms with Gasteiger partial charge in [0.25, 0.3) is 0 Å². The number of carbonyl (C=O) groups excluding carboxylic acids is 1. The Kier molecular flexibility index (Phi) is 5.73. The van der Waals surface area contributed by atoms with Crippen LogP contribution in [0.3, 0.4) is 0 Å². The van der Waals surface area contributed by atoms with Gasteiger partial charge in [0, 0.05) is 56.6 Å². The average Bonchev–Trinajstić information content (AvgIpc) is 3.16. The van der Waals surface area contributed by atoms with Crippen molar-refractivity contribution in [2.75, 3.05) is 19.6 Å². The molecule has 0 radical (unpaired) electrons. The zero-order chi connectivity index (χ0) is 20.6. The Morgan fingerprint density at radius 3 is 2.59 bits per heavy atom. The van der Waals surface area contributed by atoms with Crippen LogP contribution in [0, 0.1) is 5.92 Å². The molecule has 2 amide bonds. The number of urea groups is 1. The molecule has 160 valence electrons. The molecule has 1 aromatic heterocycles. The second kappa shape index (κ2) is 8.13. The molecule has 0 bridgehead atoms. The molecule has 1 aliphatic carbocycles. The largest absolute Gasteiger partial charge is 0.417 e. The lowest BCUT2D eigenvalue weighted by Crippen LogP contribution is -2.47. The lowest BCUT2D eigenvalue weighted by atomic mass is 9.87. The Hall–Kier alpha value is -1.83. The second-order valence-corrected chi connectivity index (χ2v) is 8.84. The van der Waals surface area contributed by atoms with E-state index in [1.165, 1.54) is 25.7 Å². The molecule has 3 heterocycles. The summed E-state index contributed by atoms with van der Waals surface area (Å²) in [5.74, 6) is 0.809. The lowest BCUT2D eigenvalue weighted by molar-refractivity contribution is -0.137. The van der Waals surface area contributed by atoms with Crippen molar-refractivity contribution in [3.05, 3.63) is 29.1 Å². The molecule has 3 aliphatic rings. The Labute approximate surface area is 169 Å². The van der Waals surface area contributed by atoms with Gasteiger partial charge in [0.15, 0.2) is 0 Å².